The molecular weight excluding hydrogens is 725 g/mol. The number of hydrogen-bond donors (Lipinski definition) is 0. The van der Waals surface area contributed by atoms with Gasteiger partial charge in [0.2, 0.25) is 0 Å². The lowest BCUT2D eigenvalue weighted by Gasteiger charge is -2.27. The van der Waals surface area contributed by atoms with E-state index in [2.05, 4.69) is 9.72 Å². The van der Waals surface area contributed by atoms with Gasteiger partial charge in [-0.3, -0.25) is 4.79 Å². The SMILES string of the molecule is COc1ccc(N(C(=O)OC(C)(C)C)S(=O)(=O)CC(=O)OC(Cc2c(Cl)c[nH+]cc2Cl)c2ccc(OC(F)F)c(OCC3CC3)c2)cc1OC. The fourth-order valence-corrected chi connectivity index (χ4v) is 6.37. The third-order valence-electron chi connectivity index (χ3n) is 7.13. The number of halogens is 4. The summed E-state index contributed by atoms with van der Waals surface area (Å²) in [5.74, 6) is -2.26. The lowest BCUT2D eigenvalue weighted by atomic mass is 10.0. The van der Waals surface area contributed by atoms with Crippen LogP contribution in [0.1, 0.15) is 50.8 Å². The number of aromatic amines is 1. The number of carbonyl (C=O) groups excluding carboxylic acids is 2. The van der Waals surface area contributed by atoms with Crippen LogP contribution in [-0.4, -0.2) is 59.3 Å². The number of nitrogens with zero attached hydrogens (tertiary/aromatic N) is 1. The number of methoxy groups -OCH3 is 2. The number of benzene rings is 2. The van der Waals surface area contributed by atoms with Crippen molar-refractivity contribution in [3.8, 4) is 23.0 Å². The summed E-state index contributed by atoms with van der Waals surface area (Å²) in [6.45, 7) is 1.73. The molecule has 0 aliphatic heterocycles. The first kappa shape index (κ1) is 38.7. The molecule has 12 nitrogen and oxygen atoms in total. The topological polar surface area (TPSA) is 141 Å². The molecule has 4 rings (SSSR count). The number of nitrogens with one attached hydrogen (secondary N) is 1. The van der Waals surface area contributed by atoms with E-state index in [1.807, 2.05) is 0 Å². The van der Waals surface area contributed by atoms with Crippen LogP contribution in [-0.2, 0) is 30.7 Å². The van der Waals surface area contributed by atoms with E-state index in [9.17, 15) is 26.8 Å². The van der Waals surface area contributed by atoms with Crippen molar-refractivity contribution >= 4 is 51.0 Å². The summed E-state index contributed by atoms with van der Waals surface area (Å²) in [4.78, 5) is 29.7. The Morgan fingerprint density at radius 1 is 0.960 bits per heavy atom. The molecule has 1 aliphatic rings. The Balaban J connectivity index is 1.70. The number of H-pyrrole nitrogens is 1. The number of alkyl halides is 2. The highest BCUT2D eigenvalue weighted by atomic mass is 35.5. The van der Waals surface area contributed by atoms with Crippen molar-refractivity contribution in [1.29, 1.82) is 0 Å². The van der Waals surface area contributed by atoms with E-state index in [1.54, 1.807) is 20.8 Å². The van der Waals surface area contributed by atoms with Crippen LogP contribution in [0.5, 0.6) is 23.0 Å². The van der Waals surface area contributed by atoms with Crippen molar-refractivity contribution in [1.82, 2.24) is 0 Å². The van der Waals surface area contributed by atoms with Crippen molar-refractivity contribution in [2.75, 3.05) is 30.9 Å². The molecule has 50 heavy (non-hydrogen) atoms. The predicted octanol–water partition coefficient (Wildman–Crippen LogP) is 6.81. The number of sulfonamides is 1. The first-order valence-corrected chi connectivity index (χ1v) is 17.6. The summed E-state index contributed by atoms with van der Waals surface area (Å²) in [5, 5.41) is 0.358. The van der Waals surface area contributed by atoms with E-state index in [1.165, 1.54) is 63.0 Å². The molecule has 0 spiro atoms. The van der Waals surface area contributed by atoms with Crippen LogP contribution in [0.15, 0.2) is 48.8 Å². The standard InChI is InChI=1S/C33H36Cl2F2N2O10S/c1-33(2,3)49-32(41)39(21-9-11-25(44-4)28(13-21)45-5)50(42,43)18-30(40)47-27(14-22-23(34)15-38-16-24(22)35)20-8-10-26(48-31(36)37)29(12-20)46-17-19-6-7-19/h8-13,15-16,19,27,31H,6-7,14,17-18H2,1-5H3/p+1. The Morgan fingerprint density at radius 2 is 1.60 bits per heavy atom. The van der Waals surface area contributed by atoms with E-state index < -0.39 is 46.2 Å². The number of rotatable bonds is 15. The van der Waals surface area contributed by atoms with Gasteiger partial charge in [0.1, 0.15) is 21.8 Å². The number of pyridine rings is 1. The van der Waals surface area contributed by atoms with Gasteiger partial charge in [-0.15, -0.1) is 0 Å². The minimum absolute atomic E-state index is 0.0356. The number of aromatic nitrogens is 1. The molecule has 17 heteroatoms. The molecule has 1 heterocycles. The van der Waals surface area contributed by atoms with Gasteiger partial charge in [-0.25, -0.2) is 18.2 Å². The summed E-state index contributed by atoms with van der Waals surface area (Å²) in [5.41, 5.74) is -0.751. The molecule has 1 atom stereocenters. The molecule has 0 saturated heterocycles. The molecular formula is C33H37Cl2F2N2O10S+. The molecule has 1 saturated carbocycles. The second kappa shape index (κ2) is 16.3. The molecule has 1 aromatic heterocycles. The smallest absolute Gasteiger partial charge is 0.428 e. The molecule has 1 N–H and O–H groups in total. The zero-order valence-electron chi connectivity index (χ0n) is 27.8. The second-order valence-corrected chi connectivity index (χ2v) is 14.8. The number of hydrogen-bond acceptors (Lipinski definition) is 10. The zero-order valence-corrected chi connectivity index (χ0v) is 30.2. The number of ether oxygens (including phenoxy) is 6. The Bertz CT molecular complexity index is 1780. The minimum atomic E-state index is -4.84. The average molecular weight is 763 g/mol. The highest BCUT2D eigenvalue weighted by Crippen LogP contribution is 2.38. The lowest BCUT2D eigenvalue weighted by molar-refractivity contribution is -0.377. The summed E-state index contributed by atoms with van der Waals surface area (Å²) in [6, 6.07) is 7.84. The van der Waals surface area contributed by atoms with Gasteiger partial charge in [-0.1, -0.05) is 29.3 Å². The Kier molecular flexibility index (Phi) is 12.6. The Morgan fingerprint density at radius 3 is 2.18 bits per heavy atom. The quantitative estimate of drug-likeness (QED) is 0.152. The van der Waals surface area contributed by atoms with Crippen molar-refractivity contribution < 1.29 is 60.2 Å². The zero-order chi connectivity index (χ0) is 36.8. The molecule has 272 valence electrons. The van der Waals surface area contributed by atoms with E-state index in [0.29, 0.717) is 9.87 Å². The van der Waals surface area contributed by atoms with Crippen LogP contribution in [0.3, 0.4) is 0 Å². The predicted molar refractivity (Wildman–Crippen MR) is 179 cm³/mol. The lowest BCUT2D eigenvalue weighted by Crippen LogP contribution is -2.43. The normalized spacial score (nSPS) is 13.7. The number of amides is 1. The number of esters is 1. The van der Waals surface area contributed by atoms with Crippen molar-refractivity contribution in [3.63, 3.8) is 0 Å². The monoisotopic (exact) mass is 761 g/mol. The highest BCUT2D eigenvalue weighted by Gasteiger charge is 2.37. The van der Waals surface area contributed by atoms with Crippen LogP contribution in [0.25, 0.3) is 0 Å². The van der Waals surface area contributed by atoms with Crippen LogP contribution in [0.4, 0.5) is 19.3 Å². The van der Waals surface area contributed by atoms with Gasteiger partial charge in [-0.2, -0.15) is 13.1 Å². The maximum Gasteiger partial charge on any atom is 0.428 e. The van der Waals surface area contributed by atoms with Crippen LogP contribution >= 0.6 is 23.2 Å². The van der Waals surface area contributed by atoms with Crippen LogP contribution < -0.4 is 28.2 Å². The number of anilines is 1. The fraction of sp³-hybridized carbons (Fsp3) is 0.424. The maximum atomic E-state index is 13.9. The second-order valence-electron chi connectivity index (χ2n) is 12.2. The molecule has 1 unspecified atom stereocenters. The van der Waals surface area contributed by atoms with Gasteiger partial charge in [0.15, 0.2) is 41.1 Å². The molecule has 3 aromatic rings. The summed E-state index contributed by atoms with van der Waals surface area (Å²) < 4.78 is 86.5. The molecule has 2 aromatic carbocycles. The molecule has 1 aliphatic carbocycles. The molecule has 1 fully saturated rings. The van der Waals surface area contributed by atoms with Crippen LogP contribution in [0, 0.1) is 5.92 Å². The van der Waals surface area contributed by atoms with Crippen molar-refractivity contribution in [2.24, 2.45) is 5.92 Å². The summed E-state index contributed by atoms with van der Waals surface area (Å²) >= 11 is 12.8. The highest BCUT2D eigenvalue weighted by molar-refractivity contribution is 7.94. The maximum absolute atomic E-state index is 13.9. The molecule has 1 amide bonds. The van der Waals surface area contributed by atoms with E-state index in [-0.39, 0.29) is 63.2 Å². The Hall–Kier alpha value is -4.08. The first-order valence-electron chi connectivity index (χ1n) is 15.2. The van der Waals surface area contributed by atoms with Gasteiger partial charge < -0.3 is 28.4 Å². The largest absolute Gasteiger partial charge is 0.493 e. The summed E-state index contributed by atoms with van der Waals surface area (Å²) in [7, 11) is -2.14. The van der Waals surface area contributed by atoms with Crippen molar-refractivity contribution in [2.45, 2.75) is 58.4 Å². The van der Waals surface area contributed by atoms with Gasteiger partial charge in [0.25, 0.3) is 10.0 Å². The first-order chi connectivity index (χ1) is 23.5. The summed E-state index contributed by atoms with van der Waals surface area (Å²) in [6.07, 6.45) is 2.00. The van der Waals surface area contributed by atoms with Crippen molar-refractivity contribution in [3.05, 3.63) is 70.0 Å². The van der Waals surface area contributed by atoms with Gasteiger partial charge in [0.05, 0.1) is 26.5 Å². The third kappa shape index (κ3) is 10.5. The third-order valence-corrected chi connectivity index (χ3v) is 9.32. The molecule has 0 radical (unpaired) electrons. The molecule has 0 bridgehead atoms. The van der Waals surface area contributed by atoms with Gasteiger partial charge in [0, 0.05) is 18.1 Å². The van der Waals surface area contributed by atoms with E-state index in [0.717, 1.165) is 12.8 Å². The minimum Gasteiger partial charge on any atom is -0.493 e. The average Bonchev–Trinajstić information content (AvgIpc) is 3.85. The van der Waals surface area contributed by atoms with Gasteiger partial charge in [-0.05, 0) is 69.4 Å². The Labute approximate surface area is 298 Å². The van der Waals surface area contributed by atoms with E-state index >= 15 is 0 Å². The van der Waals surface area contributed by atoms with Crippen LogP contribution in [0.2, 0.25) is 10.0 Å². The fourth-order valence-electron chi connectivity index (χ4n) is 4.65. The van der Waals surface area contributed by atoms with Gasteiger partial charge >= 0.3 is 18.7 Å². The number of carbonyl (C=O) groups is 2. The van der Waals surface area contributed by atoms with E-state index in [4.69, 9.17) is 46.9 Å².